The molecule has 0 spiro atoms. The van der Waals surface area contributed by atoms with E-state index in [1.54, 1.807) is 19.4 Å². The van der Waals surface area contributed by atoms with Crippen LogP contribution >= 0.6 is 0 Å². The Bertz CT molecular complexity index is 530. The molecule has 1 unspecified atom stereocenters. The zero-order chi connectivity index (χ0) is 13.0. The van der Waals surface area contributed by atoms with Crippen LogP contribution in [-0.4, -0.2) is 17.1 Å². The SMILES string of the molecule is COc1ccnc(NC(C)c2ccccc2N)n1. The number of para-hydroxylation sites is 1. The van der Waals surface area contributed by atoms with Crippen LogP contribution in [0.2, 0.25) is 0 Å². The number of nitrogens with zero attached hydrogens (tertiary/aromatic N) is 2. The first kappa shape index (κ1) is 12.2. The summed E-state index contributed by atoms with van der Waals surface area (Å²) in [4.78, 5) is 8.34. The van der Waals surface area contributed by atoms with Crippen molar-refractivity contribution < 1.29 is 4.74 Å². The van der Waals surface area contributed by atoms with Gasteiger partial charge in [0, 0.05) is 18.0 Å². The average Bonchev–Trinajstić information content (AvgIpc) is 2.39. The van der Waals surface area contributed by atoms with E-state index in [-0.39, 0.29) is 6.04 Å². The van der Waals surface area contributed by atoms with E-state index in [9.17, 15) is 0 Å². The maximum atomic E-state index is 5.93. The van der Waals surface area contributed by atoms with Gasteiger partial charge in [0.1, 0.15) is 0 Å². The van der Waals surface area contributed by atoms with E-state index in [4.69, 9.17) is 10.5 Å². The van der Waals surface area contributed by atoms with Gasteiger partial charge in [0.15, 0.2) is 0 Å². The molecule has 0 aliphatic carbocycles. The predicted octanol–water partition coefficient (Wildman–Crippen LogP) is 2.24. The molecule has 0 amide bonds. The predicted molar refractivity (Wildman–Crippen MR) is 71.5 cm³/mol. The largest absolute Gasteiger partial charge is 0.481 e. The van der Waals surface area contributed by atoms with Gasteiger partial charge in [-0.25, -0.2) is 4.98 Å². The van der Waals surface area contributed by atoms with E-state index in [2.05, 4.69) is 15.3 Å². The van der Waals surface area contributed by atoms with Gasteiger partial charge in [-0.15, -0.1) is 0 Å². The minimum absolute atomic E-state index is 0.0262. The van der Waals surface area contributed by atoms with Crippen molar-refractivity contribution in [2.45, 2.75) is 13.0 Å². The van der Waals surface area contributed by atoms with Crippen molar-refractivity contribution in [2.24, 2.45) is 0 Å². The van der Waals surface area contributed by atoms with Crippen molar-refractivity contribution in [2.75, 3.05) is 18.2 Å². The zero-order valence-corrected chi connectivity index (χ0v) is 10.4. The molecule has 0 saturated carbocycles. The van der Waals surface area contributed by atoms with Gasteiger partial charge in [0.05, 0.1) is 13.2 Å². The number of hydrogen-bond donors (Lipinski definition) is 2. The number of methoxy groups -OCH3 is 1. The summed E-state index contributed by atoms with van der Waals surface area (Å²) in [6, 6.07) is 9.45. The highest BCUT2D eigenvalue weighted by Crippen LogP contribution is 2.22. The van der Waals surface area contributed by atoms with Crippen molar-refractivity contribution in [3.05, 3.63) is 42.1 Å². The molecule has 2 rings (SSSR count). The Labute approximate surface area is 106 Å². The standard InChI is InChI=1S/C13H16N4O/c1-9(10-5-3-4-6-11(10)14)16-13-15-8-7-12(17-13)18-2/h3-9H,14H2,1-2H3,(H,15,16,17). The monoisotopic (exact) mass is 244 g/mol. The van der Waals surface area contributed by atoms with E-state index >= 15 is 0 Å². The third-order valence-corrected chi connectivity index (χ3v) is 2.65. The van der Waals surface area contributed by atoms with E-state index in [1.807, 2.05) is 31.2 Å². The summed E-state index contributed by atoms with van der Waals surface area (Å²) in [5.41, 5.74) is 7.69. The van der Waals surface area contributed by atoms with Crippen LogP contribution in [0.5, 0.6) is 5.88 Å². The highest BCUT2D eigenvalue weighted by atomic mass is 16.5. The highest BCUT2D eigenvalue weighted by molar-refractivity contribution is 5.50. The van der Waals surface area contributed by atoms with E-state index < -0.39 is 0 Å². The van der Waals surface area contributed by atoms with Gasteiger partial charge in [0.25, 0.3) is 0 Å². The van der Waals surface area contributed by atoms with Crippen molar-refractivity contribution in [1.82, 2.24) is 9.97 Å². The lowest BCUT2D eigenvalue weighted by atomic mass is 10.1. The molecule has 0 fully saturated rings. The summed E-state index contributed by atoms with van der Waals surface area (Å²) in [6.07, 6.45) is 1.65. The smallest absolute Gasteiger partial charge is 0.226 e. The number of hydrogen-bond acceptors (Lipinski definition) is 5. The van der Waals surface area contributed by atoms with Gasteiger partial charge in [-0.2, -0.15) is 4.98 Å². The zero-order valence-electron chi connectivity index (χ0n) is 10.4. The van der Waals surface area contributed by atoms with Gasteiger partial charge in [-0.3, -0.25) is 0 Å². The lowest BCUT2D eigenvalue weighted by Gasteiger charge is -2.16. The number of ether oxygens (including phenoxy) is 1. The third kappa shape index (κ3) is 2.68. The van der Waals surface area contributed by atoms with Gasteiger partial charge in [-0.05, 0) is 18.6 Å². The molecular formula is C13H16N4O. The fourth-order valence-corrected chi connectivity index (χ4v) is 1.70. The highest BCUT2D eigenvalue weighted by Gasteiger charge is 2.09. The maximum absolute atomic E-state index is 5.93. The van der Waals surface area contributed by atoms with Gasteiger partial charge < -0.3 is 15.8 Å². The first-order valence-electron chi connectivity index (χ1n) is 5.68. The van der Waals surface area contributed by atoms with Crippen molar-refractivity contribution >= 4 is 11.6 Å². The van der Waals surface area contributed by atoms with Crippen molar-refractivity contribution in [3.63, 3.8) is 0 Å². The Morgan fingerprint density at radius 3 is 2.78 bits per heavy atom. The van der Waals surface area contributed by atoms with E-state index in [0.29, 0.717) is 11.8 Å². The van der Waals surface area contributed by atoms with Gasteiger partial charge >= 0.3 is 0 Å². The lowest BCUT2D eigenvalue weighted by Crippen LogP contribution is -2.11. The molecule has 5 heteroatoms. The summed E-state index contributed by atoms with van der Waals surface area (Å²) in [5.74, 6) is 1.05. The second-order valence-corrected chi connectivity index (χ2v) is 3.92. The summed E-state index contributed by atoms with van der Waals surface area (Å²) in [7, 11) is 1.57. The summed E-state index contributed by atoms with van der Waals surface area (Å²) in [5, 5.41) is 3.19. The first-order valence-corrected chi connectivity index (χ1v) is 5.68. The molecule has 94 valence electrons. The molecule has 0 bridgehead atoms. The number of aromatic nitrogens is 2. The average molecular weight is 244 g/mol. The number of benzene rings is 1. The minimum Gasteiger partial charge on any atom is -0.481 e. The Hall–Kier alpha value is -2.30. The van der Waals surface area contributed by atoms with Crippen molar-refractivity contribution in [3.8, 4) is 5.88 Å². The first-order chi connectivity index (χ1) is 8.70. The molecule has 1 heterocycles. The molecule has 1 aromatic heterocycles. The quantitative estimate of drug-likeness (QED) is 0.807. The molecule has 0 aliphatic rings. The molecule has 1 atom stereocenters. The maximum Gasteiger partial charge on any atom is 0.226 e. The molecule has 2 aromatic rings. The Balaban J connectivity index is 2.16. The van der Waals surface area contributed by atoms with Gasteiger partial charge in [-0.1, -0.05) is 18.2 Å². The number of nitrogens with two attached hydrogens (primary N) is 1. The molecule has 0 saturated heterocycles. The third-order valence-electron chi connectivity index (χ3n) is 2.65. The number of anilines is 2. The second-order valence-electron chi connectivity index (χ2n) is 3.92. The van der Waals surface area contributed by atoms with Crippen LogP contribution in [0.15, 0.2) is 36.5 Å². The van der Waals surface area contributed by atoms with E-state index in [1.165, 1.54) is 0 Å². The Morgan fingerprint density at radius 2 is 2.06 bits per heavy atom. The van der Waals surface area contributed by atoms with Crippen LogP contribution in [0.3, 0.4) is 0 Å². The Morgan fingerprint density at radius 1 is 1.28 bits per heavy atom. The number of nitrogen functional groups attached to an aromatic ring is 1. The number of rotatable bonds is 4. The molecule has 0 radical (unpaired) electrons. The second kappa shape index (κ2) is 5.35. The topological polar surface area (TPSA) is 73.1 Å². The molecule has 0 aliphatic heterocycles. The van der Waals surface area contributed by atoms with Crippen molar-refractivity contribution in [1.29, 1.82) is 0 Å². The molecule has 5 nitrogen and oxygen atoms in total. The van der Waals surface area contributed by atoms with Crippen LogP contribution in [0.4, 0.5) is 11.6 Å². The molecule has 1 aromatic carbocycles. The van der Waals surface area contributed by atoms with Gasteiger partial charge in [0.2, 0.25) is 11.8 Å². The van der Waals surface area contributed by atoms with Crippen LogP contribution in [0.1, 0.15) is 18.5 Å². The van der Waals surface area contributed by atoms with Crippen LogP contribution in [-0.2, 0) is 0 Å². The number of nitrogens with one attached hydrogen (secondary N) is 1. The normalized spacial score (nSPS) is 11.9. The molecule has 18 heavy (non-hydrogen) atoms. The van der Waals surface area contributed by atoms with Crippen LogP contribution < -0.4 is 15.8 Å². The fourth-order valence-electron chi connectivity index (χ4n) is 1.70. The fraction of sp³-hybridized carbons (Fsp3) is 0.231. The lowest BCUT2D eigenvalue weighted by molar-refractivity contribution is 0.397. The van der Waals surface area contributed by atoms with Crippen LogP contribution in [0.25, 0.3) is 0 Å². The molecular weight excluding hydrogens is 228 g/mol. The summed E-state index contributed by atoms with van der Waals surface area (Å²) < 4.78 is 5.05. The Kier molecular flexibility index (Phi) is 3.62. The summed E-state index contributed by atoms with van der Waals surface area (Å²) in [6.45, 7) is 2.01. The summed E-state index contributed by atoms with van der Waals surface area (Å²) >= 11 is 0. The van der Waals surface area contributed by atoms with Crippen LogP contribution in [0, 0.1) is 0 Å². The molecule has 3 N–H and O–H groups in total. The minimum atomic E-state index is 0.0262. The van der Waals surface area contributed by atoms with E-state index in [0.717, 1.165) is 11.3 Å².